The molecule has 0 aromatic heterocycles. The van der Waals surface area contributed by atoms with Crippen LogP contribution in [0.4, 0.5) is 0 Å². The van der Waals surface area contributed by atoms with Crippen LogP contribution in [0.1, 0.15) is 24.1 Å². The summed E-state index contributed by atoms with van der Waals surface area (Å²) in [4.78, 5) is 14.3. The standard InChI is InChI=1S/C21H27N3O3S/c1-18(20-10-6-3-7-11-20)22-21(25)16-23-12-14-24(15-13-23)28(26,27)17-19-8-4-2-5-9-19/h2-11,18H,12-17H2,1H3,(H,22,25)/t18-/m0/s1. The van der Waals surface area contributed by atoms with E-state index < -0.39 is 10.0 Å². The molecule has 0 saturated carbocycles. The molecule has 2 aromatic carbocycles. The first-order chi connectivity index (χ1) is 13.4. The van der Waals surface area contributed by atoms with Crippen molar-refractivity contribution in [1.82, 2.24) is 14.5 Å². The molecule has 1 heterocycles. The van der Waals surface area contributed by atoms with Crippen molar-refractivity contribution in [1.29, 1.82) is 0 Å². The van der Waals surface area contributed by atoms with Crippen LogP contribution < -0.4 is 5.32 Å². The molecule has 0 unspecified atom stereocenters. The highest BCUT2D eigenvalue weighted by molar-refractivity contribution is 7.88. The number of nitrogens with one attached hydrogen (secondary N) is 1. The van der Waals surface area contributed by atoms with Gasteiger partial charge in [0.1, 0.15) is 0 Å². The summed E-state index contributed by atoms with van der Waals surface area (Å²) < 4.78 is 26.8. The fourth-order valence-corrected chi connectivity index (χ4v) is 4.87. The Morgan fingerprint density at radius 1 is 0.964 bits per heavy atom. The maximum absolute atomic E-state index is 12.6. The average Bonchev–Trinajstić information content (AvgIpc) is 2.69. The number of piperazine rings is 1. The van der Waals surface area contributed by atoms with Crippen LogP contribution in [0.25, 0.3) is 0 Å². The van der Waals surface area contributed by atoms with Gasteiger partial charge in [0.2, 0.25) is 15.9 Å². The zero-order valence-corrected chi connectivity index (χ0v) is 16.9. The zero-order chi connectivity index (χ0) is 20.0. The number of benzene rings is 2. The minimum absolute atomic E-state index is 0.0168. The molecule has 1 amide bonds. The van der Waals surface area contributed by atoms with E-state index in [0.29, 0.717) is 26.2 Å². The molecule has 3 rings (SSSR count). The Hall–Kier alpha value is -2.22. The summed E-state index contributed by atoms with van der Waals surface area (Å²) in [5, 5.41) is 3.01. The van der Waals surface area contributed by atoms with Gasteiger partial charge in [-0.2, -0.15) is 4.31 Å². The van der Waals surface area contributed by atoms with Crippen molar-refractivity contribution in [2.75, 3.05) is 32.7 Å². The summed E-state index contributed by atoms with van der Waals surface area (Å²) in [6, 6.07) is 19.0. The van der Waals surface area contributed by atoms with Gasteiger partial charge in [-0.25, -0.2) is 8.42 Å². The molecule has 1 aliphatic heterocycles. The monoisotopic (exact) mass is 401 g/mol. The van der Waals surface area contributed by atoms with E-state index in [1.165, 1.54) is 4.31 Å². The molecule has 2 aromatic rings. The van der Waals surface area contributed by atoms with Crippen LogP contribution in [0, 0.1) is 0 Å². The number of nitrogens with zero attached hydrogens (tertiary/aromatic N) is 2. The number of sulfonamides is 1. The van der Waals surface area contributed by atoms with Gasteiger partial charge in [-0.3, -0.25) is 9.69 Å². The molecule has 1 aliphatic rings. The first-order valence-electron chi connectivity index (χ1n) is 9.52. The highest BCUT2D eigenvalue weighted by atomic mass is 32.2. The summed E-state index contributed by atoms with van der Waals surface area (Å²) >= 11 is 0. The van der Waals surface area contributed by atoms with E-state index in [4.69, 9.17) is 0 Å². The maximum Gasteiger partial charge on any atom is 0.234 e. The lowest BCUT2D eigenvalue weighted by molar-refractivity contribution is -0.123. The van der Waals surface area contributed by atoms with Crippen LogP contribution in [-0.4, -0.2) is 56.3 Å². The van der Waals surface area contributed by atoms with E-state index in [2.05, 4.69) is 5.32 Å². The summed E-state index contributed by atoms with van der Waals surface area (Å²) in [5.41, 5.74) is 1.85. The van der Waals surface area contributed by atoms with Crippen molar-refractivity contribution < 1.29 is 13.2 Å². The molecule has 0 aliphatic carbocycles. The molecule has 28 heavy (non-hydrogen) atoms. The maximum atomic E-state index is 12.6. The van der Waals surface area contributed by atoms with Gasteiger partial charge in [0, 0.05) is 26.2 Å². The SMILES string of the molecule is C[C@H](NC(=O)CN1CCN(S(=O)(=O)Cc2ccccc2)CC1)c1ccccc1. The van der Waals surface area contributed by atoms with Crippen LogP contribution in [0.5, 0.6) is 0 Å². The van der Waals surface area contributed by atoms with E-state index in [9.17, 15) is 13.2 Å². The summed E-state index contributed by atoms with van der Waals surface area (Å²) in [6.45, 7) is 4.18. The van der Waals surface area contributed by atoms with Gasteiger partial charge in [0.15, 0.2) is 0 Å². The van der Waals surface area contributed by atoms with Crippen molar-refractivity contribution in [3.8, 4) is 0 Å². The topological polar surface area (TPSA) is 69.7 Å². The third-order valence-corrected chi connectivity index (χ3v) is 6.81. The molecule has 1 saturated heterocycles. The molecule has 0 radical (unpaired) electrons. The van der Waals surface area contributed by atoms with Gasteiger partial charge in [0.05, 0.1) is 18.3 Å². The molecule has 0 spiro atoms. The number of carbonyl (C=O) groups excluding carboxylic acids is 1. The Balaban J connectivity index is 1.46. The first kappa shape index (κ1) is 20.5. The Kier molecular flexibility index (Phi) is 6.83. The summed E-state index contributed by atoms with van der Waals surface area (Å²) in [7, 11) is -3.34. The average molecular weight is 402 g/mol. The lowest BCUT2D eigenvalue weighted by atomic mass is 10.1. The van der Waals surface area contributed by atoms with Crippen molar-refractivity contribution in [2.45, 2.75) is 18.7 Å². The van der Waals surface area contributed by atoms with Crippen LogP contribution >= 0.6 is 0 Å². The number of carbonyl (C=O) groups is 1. The van der Waals surface area contributed by atoms with Crippen LogP contribution in [-0.2, 0) is 20.6 Å². The van der Waals surface area contributed by atoms with Gasteiger partial charge >= 0.3 is 0 Å². The third-order valence-electron chi connectivity index (χ3n) is 4.96. The number of rotatable bonds is 7. The van der Waals surface area contributed by atoms with Crippen molar-refractivity contribution in [3.05, 3.63) is 71.8 Å². The van der Waals surface area contributed by atoms with Crippen molar-refractivity contribution >= 4 is 15.9 Å². The van der Waals surface area contributed by atoms with Gasteiger partial charge in [-0.1, -0.05) is 60.7 Å². The molecule has 1 atom stereocenters. The molecular formula is C21H27N3O3S. The third kappa shape index (κ3) is 5.64. The fourth-order valence-electron chi connectivity index (χ4n) is 3.36. The normalized spacial score (nSPS) is 17.2. The molecule has 6 nitrogen and oxygen atoms in total. The lowest BCUT2D eigenvalue weighted by Gasteiger charge is -2.33. The second-order valence-corrected chi connectivity index (χ2v) is 9.09. The molecule has 1 fully saturated rings. The second-order valence-electron chi connectivity index (χ2n) is 7.12. The predicted molar refractivity (Wildman–Crippen MR) is 110 cm³/mol. The zero-order valence-electron chi connectivity index (χ0n) is 16.1. The molecule has 0 bridgehead atoms. The van der Waals surface area contributed by atoms with Gasteiger partial charge in [0.25, 0.3) is 0 Å². The van der Waals surface area contributed by atoms with E-state index >= 15 is 0 Å². The van der Waals surface area contributed by atoms with E-state index in [0.717, 1.165) is 11.1 Å². The Labute approximate surface area is 167 Å². The van der Waals surface area contributed by atoms with Crippen molar-refractivity contribution in [3.63, 3.8) is 0 Å². The van der Waals surface area contributed by atoms with Gasteiger partial charge < -0.3 is 5.32 Å². The minimum atomic E-state index is -3.34. The highest BCUT2D eigenvalue weighted by Gasteiger charge is 2.27. The molecule has 1 N–H and O–H groups in total. The molecule has 150 valence electrons. The fraction of sp³-hybridized carbons (Fsp3) is 0.381. The quantitative estimate of drug-likeness (QED) is 0.771. The number of hydrogen-bond acceptors (Lipinski definition) is 4. The Bertz CT molecular complexity index is 864. The van der Waals surface area contributed by atoms with E-state index in [1.54, 1.807) is 0 Å². The van der Waals surface area contributed by atoms with E-state index in [1.807, 2.05) is 72.5 Å². The largest absolute Gasteiger partial charge is 0.348 e. The molecular weight excluding hydrogens is 374 g/mol. The van der Waals surface area contributed by atoms with Gasteiger partial charge in [-0.05, 0) is 18.1 Å². The number of amides is 1. The highest BCUT2D eigenvalue weighted by Crippen LogP contribution is 2.14. The predicted octanol–water partition coefficient (Wildman–Crippen LogP) is 2.01. The Morgan fingerprint density at radius 2 is 1.54 bits per heavy atom. The Morgan fingerprint density at radius 3 is 2.14 bits per heavy atom. The van der Waals surface area contributed by atoms with Crippen LogP contribution in [0.3, 0.4) is 0 Å². The summed E-state index contributed by atoms with van der Waals surface area (Å²) in [5.74, 6) is -0.0277. The molecule has 7 heteroatoms. The number of hydrogen-bond donors (Lipinski definition) is 1. The van der Waals surface area contributed by atoms with Crippen LogP contribution in [0.15, 0.2) is 60.7 Å². The smallest absolute Gasteiger partial charge is 0.234 e. The minimum Gasteiger partial charge on any atom is -0.348 e. The lowest BCUT2D eigenvalue weighted by Crippen LogP contribution is -2.51. The van der Waals surface area contributed by atoms with Crippen molar-refractivity contribution in [2.24, 2.45) is 0 Å². The van der Waals surface area contributed by atoms with Crippen LogP contribution in [0.2, 0.25) is 0 Å². The summed E-state index contributed by atoms with van der Waals surface area (Å²) in [6.07, 6.45) is 0. The first-order valence-corrected chi connectivity index (χ1v) is 11.1. The second kappa shape index (κ2) is 9.32. The van der Waals surface area contributed by atoms with E-state index in [-0.39, 0.29) is 24.2 Å². The van der Waals surface area contributed by atoms with Gasteiger partial charge in [-0.15, -0.1) is 0 Å².